The zero-order valence-corrected chi connectivity index (χ0v) is 15.5. The second-order valence-corrected chi connectivity index (χ2v) is 6.84. The number of thioether (sulfide) groups is 1. The number of halogens is 1. The summed E-state index contributed by atoms with van der Waals surface area (Å²) >= 11 is 2.11. The van der Waals surface area contributed by atoms with Crippen LogP contribution in [0.5, 0.6) is 0 Å². The molecule has 0 aromatic heterocycles. The van der Waals surface area contributed by atoms with Gasteiger partial charge in [0.05, 0.1) is 0 Å². The lowest BCUT2D eigenvalue weighted by atomic mass is 10.2. The minimum atomic E-state index is 0. The van der Waals surface area contributed by atoms with Crippen molar-refractivity contribution >= 4 is 41.7 Å². The Morgan fingerprint density at radius 1 is 1.42 bits per heavy atom. The number of guanidine groups is 1. The van der Waals surface area contributed by atoms with E-state index in [-0.39, 0.29) is 24.0 Å². The van der Waals surface area contributed by atoms with E-state index in [1.807, 2.05) is 7.05 Å². The minimum Gasteiger partial charge on any atom is -0.353 e. The molecular weight excluding hydrogens is 369 g/mol. The summed E-state index contributed by atoms with van der Waals surface area (Å²) in [6.07, 6.45) is 5.27. The summed E-state index contributed by atoms with van der Waals surface area (Å²) in [5.74, 6) is 3.27. The van der Waals surface area contributed by atoms with E-state index in [1.54, 1.807) is 0 Å². The summed E-state index contributed by atoms with van der Waals surface area (Å²) in [4.78, 5) is 6.93. The van der Waals surface area contributed by atoms with Crippen molar-refractivity contribution in [2.24, 2.45) is 10.9 Å². The fourth-order valence-corrected chi connectivity index (χ4v) is 3.92. The molecule has 1 aliphatic heterocycles. The van der Waals surface area contributed by atoms with E-state index in [1.165, 1.54) is 31.4 Å². The van der Waals surface area contributed by atoms with Crippen molar-refractivity contribution in [2.45, 2.75) is 50.8 Å². The summed E-state index contributed by atoms with van der Waals surface area (Å²) in [7, 11) is 1.92. The van der Waals surface area contributed by atoms with E-state index in [0.717, 1.165) is 30.2 Å². The standard InChI is InChI=1S/C14H27N3S.HI/c1-4-6-11-9-13(11)16-14(15-3)17-7-8-18-12(5-2)10-17;/h11-13H,4-10H2,1-3H3,(H,15,16);1H. The van der Waals surface area contributed by atoms with Gasteiger partial charge in [-0.25, -0.2) is 0 Å². The van der Waals surface area contributed by atoms with E-state index >= 15 is 0 Å². The van der Waals surface area contributed by atoms with Gasteiger partial charge in [-0.1, -0.05) is 20.3 Å². The highest BCUT2D eigenvalue weighted by Crippen LogP contribution is 2.34. The molecule has 0 aromatic rings. The van der Waals surface area contributed by atoms with Crippen LogP contribution in [0.3, 0.4) is 0 Å². The highest BCUT2D eigenvalue weighted by atomic mass is 127. The maximum absolute atomic E-state index is 4.48. The Hall–Kier alpha value is 0.350. The number of nitrogens with one attached hydrogen (secondary N) is 1. The molecule has 1 aliphatic carbocycles. The molecule has 2 rings (SSSR count). The Labute approximate surface area is 139 Å². The second kappa shape index (κ2) is 8.60. The molecule has 1 saturated carbocycles. The zero-order chi connectivity index (χ0) is 13.0. The first-order valence-corrected chi connectivity index (χ1v) is 8.43. The predicted molar refractivity (Wildman–Crippen MR) is 96.8 cm³/mol. The molecule has 3 unspecified atom stereocenters. The van der Waals surface area contributed by atoms with Crippen LogP contribution in [0, 0.1) is 5.92 Å². The maximum atomic E-state index is 4.48. The molecule has 5 heteroatoms. The zero-order valence-electron chi connectivity index (χ0n) is 12.4. The van der Waals surface area contributed by atoms with E-state index < -0.39 is 0 Å². The topological polar surface area (TPSA) is 27.6 Å². The number of hydrogen-bond donors (Lipinski definition) is 1. The predicted octanol–water partition coefficient (Wildman–Crippen LogP) is 3.20. The summed E-state index contributed by atoms with van der Waals surface area (Å²) < 4.78 is 0. The molecule has 0 aromatic carbocycles. The fraction of sp³-hybridized carbons (Fsp3) is 0.929. The maximum Gasteiger partial charge on any atom is 0.193 e. The highest BCUT2D eigenvalue weighted by molar-refractivity contribution is 14.0. The molecule has 19 heavy (non-hydrogen) atoms. The number of rotatable bonds is 4. The van der Waals surface area contributed by atoms with Gasteiger partial charge in [0.2, 0.25) is 0 Å². The summed E-state index contributed by atoms with van der Waals surface area (Å²) in [5, 5.41) is 4.44. The lowest BCUT2D eigenvalue weighted by Gasteiger charge is -2.34. The molecule has 1 heterocycles. The van der Waals surface area contributed by atoms with Gasteiger partial charge in [-0.15, -0.1) is 24.0 Å². The van der Waals surface area contributed by atoms with Crippen LogP contribution in [0.1, 0.15) is 39.5 Å². The van der Waals surface area contributed by atoms with Crippen LogP contribution in [0.15, 0.2) is 4.99 Å². The highest BCUT2D eigenvalue weighted by Gasteiger charge is 2.37. The van der Waals surface area contributed by atoms with Crippen LogP contribution in [0.4, 0.5) is 0 Å². The van der Waals surface area contributed by atoms with Crippen molar-refractivity contribution in [2.75, 3.05) is 25.9 Å². The number of nitrogens with zero attached hydrogens (tertiary/aromatic N) is 2. The molecule has 112 valence electrons. The lowest BCUT2D eigenvalue weighted by molar-refractivity contribution is 0.406. The van der Waals surface area contributed by atoms with Crippen LogP contribution in [-0.4, -0.2) is 48.0 Å². The van der Waals surface area contributed by atoms with E-state index in [4.69, 9.17) is 0 Å². The normalized spacial score (nSPS) is 30.8. The van der Waals surface area contributed by atoms with E-state index in [2.05, 4.69) is 40.8 Å². The molecule has 0 radical (unpaired) electrons. The van der Waals surface area contributed by atoms with Crippen molar-refractivity contribution in [1.29, 1.82) is 0 Å². The van der Waals surface area contributed by atoms with Crippen molar-refractivity contribution in [3.63, 3.8) is 0 Å². The molecule has 2 aliphatic rings. The minimum absolute atomic E-state index is 0. The molecule has 3 atom stereocenters. The molecule has 2 fully saturated rings. The van der Waals surface area contributed by atoms with Crippen LogP contribution in [-0.2, 0) is 0 Å². The van der Waals surface area contributed by atoms with Gasteiger partial charge in [-0.2, -0.15) is 11.8 Å². The van der Waals surface area contributed by atoms with E-state index in [9.17, 15) is 0 Å². The molecule has 0 bridgehead atoms. The van der Waals surface area contributed by atoms with Gasteiger partial charge >= 0.3 is 0 Å². The van der Waals surface area contributed by atoms with Gasteiger partial charge in [0, 0.05) is 37.2 Å². The third-order valence-corrected chi connectivity index (χ3v) is 5.37. The van der Waals surface area contributed by atoms with Gasteiger partial charge in [-0.05, 0) is 25.2 Å². The Morgan fingerprint density at radius 3 is 2.84 bits per heavy atom. The lowest BCUT2D eigenvalue weighted by Crippen LogP contribution is -2.48. The first-order chi connectivity index (χ1) is 8.78. The largest absolute Gasteiger partial charge is 0.353 e. The van der Waals surface area contributed by atoms with Crippen LogP contribution >= 0.6 is 35.7 Å². The van der Waals surface area contributed by atoms with Crippen LogP contribution in [0.2, 0.25) is 0 Å². The molecule has 1 N–H and O–H groups in total. The average Bonchev–Trinajstić information content (AvgIpc) is 3.14. The first kappa shape index (κ1) is 17.4. The Kier molecular flexibility index (Phi) is 7.87. The monoisotopic (exact) mass is 397 g/mol. The van der Waals surface area contributed by atoms with Gasteiger partial charge in [-0.3, -0.25) is 4.99 Å². The van der Waals surface area contributed by atoms with Gasteiger partial charge < -0.3 is 10.2 Å². The van der Waals surface area contributed by atoms with Gasteiger partial charge in [0.15, 0.2) is 5.96 Å². The molecule has 1 saturated heterocycles. The first-order valence-electron chi connectivity index (χ1n) is 7.38. The SMILES string of the molecule is CCCC1CC1NC(=NC)N1CCSC(CC)C1.I. The summed E-state index contributed by atoms with van der Waals surface area (Å²) in [6.45, 7) is 6.87. The Bertz CT molecular complexity index is 298. The van der Waals surface area contributed by atoms with Crippen molar-refractivity contribution < 1.29 is 0 Å². The van der Waals surface area contributed by atoms with Crippen molar-refractivity contribution in [3.05, 3.63) is 0 Å². The molecule has 3 nitrogen and oxygen atoms in total. The van der Waals surface area contributed by atoms with E-state index in [0.29, 0.717) is 6.04 Å². The summed E-state index contributed by atoms with van der Waals surface area (Å²) in [6, 6.07) is 0.693. The smallest absolute Gasteiger partial charge is 0.193 e. The Morgan fingerprint density at radius 2 is 2.21 bits per heavy atom. The second-order valence-electron chi connectivity index (χ2n) is 5.43. The molecule has 0 spiro atoms. The summed E-state index contributed by atoms with van der Waals surface area (Å²) in [5.41, 5.74) is 0. The Balaban J connectivity index is 0.00000180. The number of hydrogen-bond acceptors (Lipinski definition) is 2. The molecular formula is C14H28IN3S. The third kappa shape index (κ3) is 4.99. The quantitative estimate of drug-likeness (QED) is 0.449. The number of aliphatic imine (C=N–C) groups is 1. The van der Waals surface area contributed by atoms with Gasteiger partial charge in [0.25, 0.3) is 0 Å². The average molecular weight is 397 g/mol. The molecule has 0 amide bonds. The van der Waals surface area contributed by atoms with Crippen LogP contribution in [0.25, 0.3) is 0 Å². The van der Waals surface area contributed by atoms with Crippen molar-refractivity contribution in [1.82, 2.24) is 10.2 Å². The van der Waals surface area contributed by atoms with Crippen LogP contribution < -0.4 is 5.32 Å². The van der Waals surface area contributed by atoms with Crippen molar-refractivity contribution in [3.8, 4) is 0 Å². The third-order valence-electron chi connectivity index (χ3n) is 4.00. The fourth-order valence-electron chi connectivity index (χ4n) is 2.74. The van der Waals surface area contributed by atoms with Gasteiger partial charge in [0.1, 0.15) is 0 Å².